The van der Waals surface area contributed by atoms with Crippen molar-refractivity contribution in [3.05, 3.63) is 46.3 Å². The maximum atomic E-state index is 6.19. The topological polar surface area (TPSA) is 25.8 Å². The van der Waals surface area contributed by atoms with Crippen molar-refractivity contribution in [1.29, 1.82) is 0 Å². The van der Waals surface area contributed by atoms with Gasteiger partial charge in [0.05, 0.1) is 4.70 Å². The third-order valence-electron chi connectivity index (χ3n) is 3.43. The van der Waals surface area contributed by atoms with Crippen molar-refractivity contribution in [3.8, 4) is 11.1 Å². The van der Waals surface area contributed by atoms with E-state index in [1.807, 2.05) is 12.4 Å². The molecule has 3 aromatic rings. The maximum Gasteiger partial charge on any atom is 0.146 e. The maximum absolute atomic E-state index is 6.19. The minimum absolute atomic E-state index is 0.613. The molecule has 0 saturated heterocycles. The second-order valence-electron chi connectivity index (χ2n) is 4.41. The van der Waals surface area contributed by atoms with Crippen LogP contribution in [0.25, 0.3) is 21.2 Å². The summed E-state index contributed by atoms with van der Waals surface area (Å²) < 4.78 is 1.11. The Balaban J connectivity index is 2.14. The minimum atomic E-state index is 0.613. The lowest BCUT2D eigenvalue weighted by Crippen LogP contribution is -2.01. The molecule has 2 nitrogen and oxygen atoms in total. The number of aryl methyl sites for hydroxylation is 2. The number of pyridine rings is 2. The molecule has 3 heterocycles. The van der Waals surface area contributed by atoms with Gasteiger partial charge in [-0.1, -0.05) is 11.6 Å². The van der Waals surface area contributed by atoms with Crippen LogP contribution >= 0.6 is 22.9 Å². The molecule has 18 heavy (non-hydrogen) atoms. The molecular weight excluding hydrogens is 264 g/mol. The van der Waals surface area contributed by atoms with Gasteiger partial charge in [-0.05, 0) is 36.1 Å². The second kappa shape index (κ2) is 3.77. The van der Waals surface area contributed by atoms with Gasteiger partial charge >= 0.3 is 0 Å². The third-order valence-corrected chi connectivity index (χ3v) is 5.10. The highest BCUT2D eigenvalue weighted by Crippen LogP contribution is 2.44. The summed E-state index contributed by atoms with van der Waals surface area (Å²) in [5, 5.41) is 1.84. The number of halogens is 1. The van der Waals surface area contributed by atoms with Crippen molar-refractivity contribution < 1.29 is 0 Å². The van der Waals surface area contributed by atoms with E-state index in [4.69, 9.17) is 11.6 Å². The summed E-state index contributed by atoms with van der Waals surface area (Å²) >= 11 is 7.97. The van der Waals surface area contributed by atoms with Crippen LogP contribution in [0.5, 0.6) is 0 Å². The Morgan fingerprint density at radius 3 is 3.06 bits per heavy atom. The molecule has 3 aromatic heterocycles. The summed E-state index contributed by atoms with van der Waals surface area (Å²) in [7, 11) is 0. The van der Waals surface area contributed by atoms with Crippen molar-refractivity contribution in [2.45, 2.75) is 12.8 Å². The molecule has 4 rings (SSSR count). The van der Waals surface area contributed by atoms with Crippen molar-refractivity contribution in [2.75, 3.05) is 0 Å². The molecule has 1 aliphatic rings. The quantitative estimate of drug-likeness (QED) is 0.576. The molecule has 0 aromatic carbocycles. The average molecular weight is 273 g/mol. The molecule has 0 aliphatic heterocycles. The van der Waals surface area contributed by atoms with E-state index in [0.717, 1.165) is 17.5 Å². The first-order chi connectivity index (χ1) is 8.84. The van der Waals surface area contributed by atoms with Gasteiger partial charge in [0.1, 0.15) is 5.15 Å². The Morgan fingerprint density at radius 2 is 2.11 bits per heavy atom. The fraction of sp³-hybridized carbons (Fsp3) is 0.143. The van der Waals surface area contributed by atoms with Crippen LogP contribution in [0.2, 0.25) is 5.15 Å². The summed E-state index contributed by atoms with van der Waals surface area (Å²) in [6.45, 7) is 0. The van der Waals surface area contributed by atoms with Gasteiger partial charge in [-0.2, -0.15) is 0 Å². The van der Waals surface area contributed by atoms with Crippen LogP contribution in [-0.4, -0.2) is 9.97 Å². The lowest BCUT2D eigenvalue weighted by Gasteiger charge is -2.15. The van der Waals surface area contributed by atoms with E-state index in [1.54, 1.807) is 17.5 Å². The first kappa shape index (κ1) is 10.5. The zero-order chi connectivity index (χ0) is 12.1. The van der Waals surface area contributed by atoms with Crippen LogP contribution in [0.15, 0.2) is 30.7 Å². The molecule has 0 N–H and O–H groups in total. The summed E-state index contributed by atoms with van der Waals surface area (Å²) in [4.78, 5) is 9.80. The van der Waals surface area contributed by atoms with Gasteiger partial charge in [0, 0.05) is 34.4 Å². The zero-order valence-corrected chi connectivity index (χ0v) is 11.1. The number of thiophene rings is 1. The van der Waals surface area contributed by atoms with Crippen LogP contribution in [0.3, 0.4) is 0 Å². The van der Waals surface area contributed by atoms with Crippen molar-refractivity contribution in [1.82, 2.24) is 9.97 Å². The molecule has 0 fully saturated rings. The van der Waals surface area contributed by atoms with Crippen LogP contribution in [0, 0.1) is 0 Å². The van der Waals surface area contributed by atoms with E-state index < -0.39 is 0 Å². The smallest absolute Gasteiger partial charge is 0.146 e. The molecule has 0 atom stereocenters. The fourth-order valence-corrected chi connectivity index (χ4v) is 4.09. The summed E-state index contributed by atoms with van der Waals surface area (Å²) in [6.07, 6.45) is 7.76. The minimum Gasteiger partial charge on any atom is -0.264 e. The molecule has 0 bridgehead atoms. The monoisotopic (exact) mass is 272 g/mol. The Kier molecular flexibility index (Phi) is 2.19. The van der Waals surface area contributed by atoms with Crippen LogP contribution in [-0.2, 0) is 12.8 Å². The predicted molar refractivity (Wildman–Crippen MR) is 75.3 cm³/mol. The van der Waals surface area contributed by atoms with E-state index >= 15 is 0 Å². The molecule has 0 unspecified atom stereocenters. The van der Waals surface area contributed by atoms with Crippen LogP contribution in [0.4, 0.5) is 0 Å². The molecule has 1 aliphatic carbocycles. The number of fused-ring (bicyclic) bond motifs is 5. The number of nitrogens with zero attached hydrogens (tertiary/aromatic N) is 2. The molecule has 88 valence electrons. The van der Waals surface area contributed by atoms with Gasteiger partial charge < -0.3 is 0 Å². The highest BCUT2D eigenvalue weighted by Gasteiger charge is 2.22. The highest BCUT2D eigenvalue weighted by molar-refractivity contribution is 7.20. The lowest BCUT2D eigenvalue weighted by molar-refractivity contribution is 0.953. The van der Waals surface area contributed by atoms with Crippen molar-refractivity contribution >= 4 is 33.0 Å². The molecule has 0 amide bonds. The largest absolute Gasteiger partial charge is 0.264 e. The summed E-state index contributed by atoms with van der Waals surface area (Å²) in [5.74, 6) is 0. The van der Waals surface area contributed by atoms with E-state index in [9.17, 15) is 0 Å². The van der Waals surface area contributed by atoms with Gasteiger partial charge in [0.25, 0.3) is 0 Å². The molecule has 0 spiro atoms. The Bertz CT molecular complexity index is 764. The summed E-state index contributed by atoms with van der Waals surface area (Å²) in [6, 6.07) is 4.17. The number of rotatable bonds is 0. The van der Waals surface area contributed by atoms with Crippen molar-refractivity contribution in [2.24, 2.45) is 0 Å². The third kappa shape index (κ3) is 1.35. The first-order valence-electron chi connectivity index (χ1n) is 5.84. The predicted octanol–water partition coefficient (Wildman–Crippen LogP) is 4.11. The Labute approximate surface area is 113 Å². The number of hydrogen-bond acceptors (Lipinski definition) is 3. The standard InChI is InChI=1S/C14H9ClN2S/c15-14-13-10(4-6-17-14)12-9-3-5-16-7-8(9)1-2-11(12)18-13/h3-7H,1-2H2. The van der Waals surface area contributed by atoms with E-state index in [2.05, 4.69) is 22.1 Å². The van der Waals surface area contributed by atoms with Gasteiger partial charge in [-0.3, -0.25) is 4.98 Å². The first-order valence-corrected chi connectivity index (χ1v) is 7.03. The van der Waals surface area contributed by atoms with Crippen LogP contribution < -0.4 is 0 Å². The zero-order valence-electron chi connectivity index (χ0n) is 9.48. The Hall–Kier alpha value is -1.45. The second-order valence-corrected chi connectivity index (χ2v) is 5.87. The van der Waals surface area contributed by atoms with Gasteiger partial charge in [-0.25, -0.2) is 4.98 Å². The normalized spacial score (nSPS) is 13.4. The lowest BCUT2D eigenvalue weighted by atomic mass is 9.90. The summed E-state index contributed by atoms with van der Waals surface area (Å²) in [5.41, 5.74) is 3.97. The molecule has 0 saturated carbocycles. The van der Waals surface area contributed by atoms with Gasteiger partial charge in [-0.15, -0.1) is 11.3 Å². The average Bonchev–Trinajstić information content (AvgIpc) is 2.79. The van der Waals surface area contributed by atoms with E-state index in [1.165, 1.54) is 27.0 Å². The molecule has 4 heteroatoms. The molecular formula is C14H9ClN2S. The van der Waals surface area contributed by atoms with E-state index in [0.29, 0.717) is 5.15 Å². The number of hydrogen-bond donors (Lipinski definition) is 0. The van der Waals surface area contributed by atoms with E-state index in [-0.39, 0.29) is 0 Å². The molecule has 0 radical (unpaired) electrons. The Morgan fingerprint density at radius 1 is 1.17 bits per heavy atom. The van der Waals surface area contributed by atoms with Crippen molar-refractivity contribution in [3.63, 3.8) is 0 Å². The van der Waals surface area contributed by atoms with Gasteiger partial charge in [0.2, 0.25) is 0 Å². The SMILES string of the molecule is Clc1nccc2c3c(sc12)CCc1cnccc1-3. The van der Waals surface area contributed by atoms with Gasteiger partial charge in [0.15, 0.2) is 0 Å². The number of aromatic nitrogens is 2. The fourth-order valence-electron chi connectivity index (χ4n) is 2.63. The highest BCUT2D eigenvalue weighted by atomic mass is 35.5. The van der Waals surface area contributed by atoms with Crippen LogP contribution in [0.1, 0.15) is 10.4 Å².